The van der Waals surface area contributed by atoms with Gasteiger partial charge in [0.1, 0.15) is 5.75 Å². The molecule has 0 saturated carbocycles. The van der Waals surface area contributed by atoms with E-state index in [1.807, 2.05) is 25.1 Å². The van der Waals surface area contributed by atoms with E-state index in [0.29, 0.717) is 5.75 Å². The topological polar surface area (TPSA) is 101 Å². The van der Waals surface area contributed by atoms with Crippen molar-refractivity contribution in [2.75, 3.05) is 44.3 Å². The summed E-state index contributed by atoms with van der Waals surface area (Å²) in [4.78, 5) is 13.9. The van der Waals surface area contributed by atoms with Gasteiger partial charge < -0.3 is 9.64 Å². The Morgan fingerprint density at radius 3 is 2.44 bits per heavy atom. The van der Waals surface area contributed by atoms with Crippen molar-refractivity contribution in [3.8, 4) is 5.75 Å². The number of rotatable bonds is 5. The molecule has 3 rings (SSSR count). The summed E-state index contributed by atoms with van der Waals surface area (Å²) in [5, 5.41) is -0.867. The number of para-hydroxylation sites is 1. The van der Waals surface area contributed by atoms with Gasteiger partial charge in [-0.1, -0.05) is 18.2 Å². The Labute approximate surface area is 160 Å². The largest absolute Gasteiger partial charge is 0.484 e. The molecule has 2 heterocycles. The summed E-state index contributed by atoms with van der Waals surface area (Å²) in [5.41, 5.74) is 0.938. The minimum Gasteiger partial charge on any atom is -0.484 e. The molecule has 0 aromatic heterocycles. The van der Waals surface area contributed by atoms with E-state index in [9.17, 15) is 21.6 Å². The fourth-order valence-corrected chi connectivity index (χ4v) is 7.86. The molecular weight excluding hydrogens is 392 g/mol. The average molecular weight is 417 g/mol. The molecule has 10 heteroatoms. The van der Waals surface area contributed by atoms with Crippen LogP contribution in [0.2, 0.25) is 0 Å². The molecule has 1 aromatic carbocycles. The molecule has 27 heavy (non-hydrogen) atoms. The third-order valence-electron chi connectivity index (χ3n) is 5.01. The van der Waals surface area contributed by atoms with Crippen LogP contribution in [0.15, 0.2) is 24.3 Å². The molecule has 8 nitrogen and oxygen atoms in total. The van der Waals surface area contributed by atoms with Gasteiger partial charge in [-0.15, -0.1) is 0 Å². The number of carbonyl (C=O) groups excluding carboxylic acids is 1. The smallest absolute Gasteiger partial charge is 0.260 e. The lowest BCUT2D eigenvalue weighted by Crippen LogP contribution is -2.53. The maximum Gasteiger partial charge on any atom is 0.260 e. The number of ether oxygens (including phenoxy) is 1. The molecule has 1 unspecified atom stereocenters. The van der Waals surface area contributed by atoms with E-state index in [1.54, 1.807) is 11.0 Å². The number of hydrogen-bond donors (Lipinski definition) is 0. The second kappa shape index (κ2) is 7.76. The molecule has 2 fully saturated rings. The van der Waals surface area contributed by atoms with Crippen molar-refractivity contribution in [3.05, 3.63) is 29.8 Å². The van der Waals surface area contributed by atoms with Crippen LogP contribution < -0.4 is 4.74 Å². The quantitative estimate of drug-likeness (QED) is 0.672. The van der Waals surface area contributed by atoms with Crippen LogP contribution in [0.4, 0.5) is 0 Å². The second-order valence-electron chi connectivity index (χ2n) is 6.90. The zero-order valence-corrected chi connectivity index (χ0v) is 16.8. The van der Waals surface area contributed by atoms with Gasteiger partial charge in [0.25, 0.3) is 5.91 Å². The van der Waals surface area contributed by atoms with Crippen molar-refractivity contribution in [1.82, 2.24) is 9.21 Å². The van der Waals surface area contributed by atoms with Crippen molar-refractivity contribution in [3.63, 3.8) is 0 Å². The Hall–Kier alpha value is -1.65. The van der Waals surface area contributed by atoms with E-state index in [-0.39, 0.29) is 56.6 Å². The number of aryl methyl sites for hydroxylation is 1. The van der Waals surface area contributed by atoms with Gasteiger partial charge in [0.05, 0.1) is 16.8 Å². The highest BCUT2D eigenvalue weighted by atomic mass is 32.2. The number of sulfonamides is 1. The van der Waals surface area contributed by atoms with E-state index < -0.39 is 25.1 Å². The Morgan fingerprint density at radius 2 is 1.85 bits per heavy atom. The number of nitrogens with zero attached hydrogens (tertiary/aromatic N) is 2. The third-order valence-corrected chi connectivity index (χ3v) is 9.32. The molecule has 2 aliphatic rings. The van der Waals surface area contributed by atoms with Crippen LogP contribution in [0.3, 0.4) is 0 Å². The zero-order valence-electron chi connectivity index (χ0n) is 15.2. The van der Waals surface area contributed by atoms with Crippen molar-refractivity contribution < 1.29 is 26.4 Å². The van der Waals surface area contributed by atoms with Gasteiger partial charge in [-0.25, -0.2) is 16.8 Å². The van der Waals surface area contributed by atoms with E-state index in [4.69, 9.17) is 4.74 Å². The lowest BCUT2D eigenvalue weighted by atomic mass is 10.2. The third kappa shape index (κ3) is 4.61. The number of amides is 1. The summed E-state index contributed by atoms with van der Waals surface area (Å²) < 4.78 is 55.3. The Balaban J connectivity index is 1.52. The maximum atomic E-state index is 12.6. The van der Waals surface area contributed by atoms with Crippen LogP contribution in [-0.2, 0) is 24.7 Å². The van der Waals surface area contributed by atoms with Crippen molar-refractivity contribution in [2.45, 2.75) is 18.6 Å². The first-order valence-corrected chi connectivity index (χ1v) is 12.2. The Kier molecular flexibility index (Phi) is 5.78. The fourth-order valence-electron chi connectivity index (χ4n) is 3.35. The number of benzene rings is 1. The first kappa shape index (κ1) is 20.1. The number of sulfone groups is 1. The Morgan fingerprint density at radius 1 is 1.19 bits per heavy atom. The van der Waals surface area contributed by atoms with Crippen LogP contribution >= 0.6 is 0 Å². The summed E-state index contributed by atoms with van der Waals surface area (Å²) >= 11 is 0. The van der Waals surface area contributed by atoms with Crippen LogP contribution in [-0.4, -0.2) is 81.5 Å². The molecule has 2 saturated heterocycles. The minimum atomic E-state index is -3.66. The lowest BCUT2D eigenvalue weighted by Gasteiger charge is -2.35. The van der Waals surface area contributed by atoms with Crippen LogP contribution in [0.5, 0.6) is 5.75 Å². The molecule has 0 radical (unpaired) electrons. The van der Waals surface area contributed by atoms with Crippen molar-refractivity contribution in [1.29, 1.82) is 0 Å². The van der Waals surface area contributed by atoms with Crippen molar-refractivity contribution in [2.24, 2.45) is 0 Å². The van der Waals surface area contributed by atoms with Gasteiger partial charge in [0.15, 0.2) is 16.4 Å². The monoisotopic (exact) mass is 416 g/mol. The molecule has 1 aromatic rings. The van der Waals surface area contributed by atoms with Crippen LogP contribution in [0, 0.1) is 6.92 Å². The van der Waals surface area contributed by atoms with Gasteiger partial charge in [-0.05, 0) is 25.0 Å². The number of hydrogen-bond acceptors (Lipinski definition) is 6. The molecule has 0 aliphatic carbocycles. The summed E-state index contributed by atoms with van der Waals surface area (Å²) in [6.07, 6.45) is 0.147. The highest BCUT2D eigenvalue weighted by molar-refractivity contribution is 7.95. The first-order valence-electron chi connectivity index (χ1n) is 8.85. The van der Waals surface area contributed by atoms with Gasteiger partial charge in [-0.3, -0.25) is 4.79 Å². The van der Waals surface area contributed by atoms with E-state index in [1.165, 1.54) is 4.31 Å². The fraction of sp³-hybridized carbons (Fsp3) is 0.588. The van der Waals surface area contributed by atoms with E-state index >= 15 is 0 Å². The van der Waals surface area contributed by atoms with E-state index in [0.717, 1.165) is 5.56 Å². The molecular formula is C17H24N2O6S2. The average Bonchev–Trinajstić information content (AvgIpc) is 3.01. The van der Waals surface area contributed by atoms with Gasteiger partial charge in [0, 0.05) is 26.2 Å². The highest BCUT2D eigenvalue weighted by Gasteiger charge is 2.41. The number of piperazine rings is 1. The predicted molar refractivity (Wildman–Crippen MR) is 101 cm³/mol. The molecule has 150 valence electrons. The van der Waals surface area contributed by atoms with E-state index in [2.05, 4.69) is 0 Å². The molecule has 2 aliphatic heterocycles. The SMILES string of the molecule is Cc1ccccc1OCC(=O)N1CCN(S(=O)(=O)C2CCS(=O)(=O)C2)CC1. The molecule has 1 amide bonds. The standard InChI is InChI=1S/C17H24N2O6S2/c1-14-4-2-3-5-16(14)25-12-17(20)18-7-9-19(10-8-18)27(23,24)15-6-11-26(21,22)13-15/h2-5,15H,6-13H2,1H3. The summed E-state index contributed by atoms with van der Waals surface area (Å²) in [6.45, 7) is 2.69. The molecule has 0 N–H and O–H groups in total. The normalized spacial score (nSPS) is 23.3. The van der Waals surface area contributed by atoms with Gasteiger partial charge in [-0.2, -0.15) is 4.31 Å². The number of carbonyl (C=O) groups is 1. The predicted octanol–water partition coefficient (Wildman–Crippen LogP) is 0.0349. The maximum absolute atomic E-state index is 12.6. The first-order chi connectivity index (χ1) is 12.7. The molecule has 0 spiro atoms. The van der Waals surface area contributed by atoms with Gasteiger partial charge >= 0.3 is 0 Å². The Bertz CT molecular complexity index is 905. The van der Waals surface area contributed by atoms with Gasteiger partial charge in [0.2, 0.25) is 10.0 Å². The second-order valence-corrected chi connectivity index (χ2v) is 11.3. The molecule has 0 bridgehead atoms. The van der Waals surface area contributed by atoms with Crippen molar-refractivity contribution >= 4 is 25.8 Å². The summed E-state index contributed by atoms with van der Waals surface area (Å²) in [7, 11) is -6.92. The summed E-state index contributed by atoms with van der Waals surface area (Å²) in [6, 6.07) is 7.41. The molecule has 1 atom stereocenters. The highest BCUT2D eigenvalue weighted by Crippen LogP contribution is 2.23. The summed E-state index contributed by atoms with van der Waals surface area (Å²) in [5.74, 6) is 0.0675. The minimum absolute atomic E-state index is 0.0778. The lowest BCUT2D eigenvalue weighted by molar-refractivity contribution is -0.134. The zero-order chi connectivity index (χ0) is 19.7. The van der Waals surface area contributed by atoms with Crippen LogP contribution in [0.25, 0.3) is 0 Å². The van der Waals surface area contributed by atoms with Crippen LogP contribution in [0.1, 0.15) is 12.0 Å².